The molecule has 3 nitrogen and oxygen atoms in total. The Morgan fingerprint density at radius 1 is 1.14 bits per heavy atom. The van der Waals surface area contributed by atoms with Gasteiger partial charge in [-0.15, -0.1) is 0 Å². The minimum absolute atomic E-state index is 0.155. The molecule has 0 spiro atoms. The number of carbonyl (C=O) groups excluding carboxylic acids is 1. The highest BCUT2D eigenvalue weighted by molar-refractivity contribution is 6.33. The predicted molar refractivity (Wildman–Crippen MR) is 84.6 cm³/mol. The third kappa shape index (κ3) is 4.34. The number of rotatable bonds is 4. The van der Waals surface area contributed by atoms with E-state index in [2.05, 4.69) is 10.6 Å². The second kappa shape index (κ2) is 6.78. The molecule has 0 saturated heterocycles. The Hall–Kier alpha value is -1.78. The van der Waals surface area contributed by atoms with Crippen molar-refractivity contribution in [2.24, 2.45) is 0 Å². The van der Waals surface area contributed by atoms with E-state index in [1.807, 2.05) is 0 Å². The lowest BCUT2D eigenvalue weighted by Crippen LogP contribution is -2.31. The van der Waals surface area contributed by atoms with Crippen LogP contribution in [0, 0.1) is 5.82 Å². The molecule has 0 fully saturated rings. The van der Waals surface area contributed by atoms with Crippen LogP contribution in [0.2, 0.25) is 10.0 Å². The summed E-state index contributed by atoms with van der Waals surface area (Å²) in [6.45, 7) is 1.71. The number of benzene rings is 2. The third-order valence-corrected chi connectivity index (χ3v) is 3.37. The Morgan fingerprint density at radius 2 is 1.81 bits per heavy atom. The lowest BCUT2D eigenvalue weighted by atomic mass is 10.2. The van der Waals surface area contributed by atoms with Crippen LogP contribution < -0.4 is 10.6 Å². The smallest absolute Gasteiger partial charge is 0.246 e. The summed E-state index contributed by atoms with van der Waals surface area (Å²) in [6, 6.07) is 10.3. The van der Waals surface area contributed by atoms with Crippen LogP contribution >= 0.6 is 23.2 Å². The molecule has 2 rings (SSSR count). The lowest BCUT2D eigenvalue weighted by Gasteiger charge is -2.16. The van der Waals surface area contributed by atoms with Gasteiger partial charge in [0.15, 0.2) is 0 Å². The fourth-order valence-electron chi connectivity index (χ4n) is 1.69. The summed E-state index contributed by atoms with van der Waals surface area (Å²) < 4.78 is 12.9. The minimum Gasteiger partial charge on any atom is -0.374 e. The van der Waals surface area contributed by atoms with Gasteiger partial charge in [-0.05, 0) is 49.4 Å². The Morgan fingerprint density at radius 3 is 2.43 bits per heavy atom. The normalized spacial score (nSPS) is 11.8. The molecule has 0 radical (unpaired) electrons. The molecule has 21 heavy (non-hydrogen) atoms. The van der Waals surface area contributed by atoms with Gasteiger partial charge >= 0.3 is 0 Å². The van der Waals surface area contributed by atoms with Crippen LogP contribution in [0.3, 0.4) is 0 Å². The van der Waals surface area contributed by atoms with E-state index in [4.69, 9.17) is 23.2 Å². The van der Waals surface area contributed by atoms with Gasteiger partial charge < -0.3 is 10.6 Å². The van der Waals surface area contributed by atoms with E-state index in [0.29, 0.717) is 10.7 Å². The molecule has 110 valence electrons. The molecule has 0 bridgehead atoms. The van der Waals surface area contributed by atoms with Crippen molar-refractivity contribution < 1.29 is 9.18 Å². The van der Waals surface area contributed by atoms with Crippen molar-refractivity contribution in [3.05, 3.63) is 58.3 Å². The standard InChI is InChI=1S/C15H13Cl2FN2O/c1-9(19-12-5-2-10(16)3-6-12)15(21)20-14-7-4-11(18)8-13(14)17/h2-9,19H,1H3,(H,20,21). The van der Waals surface area contributed by atoms with Crippen LogP contribution in [0.5, 0.6) is 0 Å². The molecule has 0 aliphatic carbocycles. The Bertz CT molecular complexity index is 647. The molecule has 2 aromatic rings. The number of amides is 1. The lowest BCUT2D eigenvalue weighted by molar-refractivity contribution is -0.116. The Kier molecular flexibility index (Phi) is 5.04. The molecule has 2 aromatic carbocycles. The molecule has 6 heteroatoms. The van der Waals surface area contributed by atoms with Gasteiger partial charge in [-0.25, -0.2) is 4.39 Å². The molecular weight excluding hydrogens is 314 g/mol. The van der Waals surface area contributed by atoms with Crippen molar-refractivity contribution in [3.8, 4) is 0 Å². The molecule has 0 aromatic heterocycles. The summed E-state index contributed by atoms with van der Waals surface area (Å²) >= 11 is 11.7. The van der Waals surface area contributed by atoms with Crippen molar-refractivity contribution in [1.82, 2.24) is 0 Å². The predicted octanol–water partition coefficient (Wildman–Crippen LogP) is 4.57. The fourth-order valence-corrected chi connectivity index (χ4v) is 2.03. The second-order valence-electron chi connectivity index (χ2n) is 4.49. The fraction of sp³-hybridized carbons (Fsp3) is 0.133. The number of anilines is 2. The number of hydrogen-bond donors (Lipinski definition) is 2. The molecule has 2 N–H and O–H groups in total. The molecule has 1 atom stereocenters. The summed E-state index contributed by atoms with van der Waals surface area (Å²) in [5.41, 5.74) is 1.14. The number of halogens is 3. The topological polar surface area (TPSA) is 41.1 Å². The van der Waals surface area contributed by atoms with E-state index in [1.165, 1.54) is 12.1 Å². The first-order chi connectivity index (χ1) is 9.95. The van der Waals surface area contributed by atoms with E-state index < -0.39 is 11.9 Å². The second-order valence-corrected chi connectivity index (χ2v) is 5.33. The number of carbonyl (C=O) groups is 1. The van der Waals surface area contributed by atoms with Crippen molar-refractivity contribution in [2.45, 2.75) is 13.0 Å². The molecular formula is C15H13Cl2FN2O. The average molecular weight is 327 g/mol. The van der Waals surface area contributed by atoms with Crippen molar-refractivity contribution in [3.63, 3.8) is 0 Å². The first kappa shape index (κ1) is 15.6. The van der Waals surface area contributed by atoms with Gasteiger partial charge in [-0.1, -0.05) is 23.2 Å². The van der Waals surface area contributed by atoms with E-state index in [-0.39, 0.29) is 10.9 Å². The zero-order chi connectivity index (χ0) is 15.4. The van der Waals surface area contributed by atoms with Crippen LogP contribution in [0.1, 0.15) is 6.92 Å². The average Bonchev–Trinajstić information content (AvgIpc) is 2.44. The van der Waals surface area contributed by atoms with Crippen LogP contribution in [0.4, 0.5) is 15.8 Å². The quantitative estimate of drug-likeness (QED) is 0.863. The Balaban J connectivity index is 2.00. The monoisotopic (exact) mass is 326 g/mol. The molecule has 0 aliphatic rings. The highest BCUT2D eigenvalue weighted by Crippen LogP contribution is 2.22. The minimum atomic E-state index is -0.493. The van der Waals surface area contributed by atoms with Gasteiger partial charge in [0.1, 0.15) is 11.9 Å². The summed E-state index contributed by atoms with van der Waals surface area (Å²) in [5, 5.41) is 6.45. The van der Waals surface area contributed by atoms with Crippen molar-refractivity contribution >= 4 is 40.5 Å². The first-order valence-electron chi connectivity index (χ1n) is 6.24. The van der Waals surface area contributed by atoms with Crippen LogP contribution in [0.15, 0.2) is 42.5 Å². The van der Waals surface area contributed by atoms with E-state index in [1.54, 1.807) is 31.2 Å². The van der Waals surface area contributed by atoms with E-state index in [0.717, 1.165) is 11.8 Å². The van der Waals surface area contributed by atoms with Gasteiger partial charge in [0.05, 0.1) is 10.7 Å². The summed E-state index contributed by atoms with van der Waals surface area (Å²) in [7, 11) is 0. The van der Waals surface area contributed by atoms with Crippen LogP contribution in [-0.4, -0.2) is 11.9 Å². The number of hydrogen-bond acceptors (Lipinski definition) is 2. The maximum Gasteiger partial charge on any atom is 0.246 e. The van der Waals surface area contributed by atoms with E-state index in [9.17, 15) is 9.18 Å². The van der Waals surface area contributed by atoms with Crippen molar-refractivity contribution in [2.75, 3.05) is 10.6 Å². The SMILES string of the molecule is CC(Nc1ccc(Cl)cc1)C(=O)Nc1ccc(F)cc1Cl. The third-order valence-electron chi connectivity index (χ3n) is 2.81. The van der Waals surface area contributed by atoms with Gasteiger partial charge in [-0.2, -0.15) is 0 Å². The first-order valence-corrected chi connectivity index (χ1v) is 6.99. The van der Waals surface area contributed by atoms with Gasteiger partial charge in [0.25, 0.3) is 0 Å². The Labute approximate surface area is 132 Å². The van der Waals surface area contributed by atoms with Gasteiger partial charge in [0, 0.05) is 10.7 Å². The zero-order valence-corrected chi connectivity index (χ0v) is 12.7. The van der Waals surface area contributed by atoms with Crippen molar-refractivity contribution in [1.29, 1.82) is 0 Å². The highest BCUT2D eigenvalue weighted by atomic mass is 35.5. The van der Waals surface area contributed by atoms with Crippen LogP contribution in [-0.2, 0) is 4.79 Å². The zero-order valence-electron chi connectivity index (χ0n) is 11.2. The molecule has 0 saturated carbocycles. The maximum atomic E-state index is 12.9. The largest absolute Gasteiger partial charge is 0.374 e. The molecule has 1 amide bonds. The molecule has 0 heterocycles. The summed E-state index contributed by atoms with van der Waals surface area (Å²) in [5.74, 6) is -0.733. The maximum absolute atomic E-state index is 12.9. The van der Waals surface area contributed by atoms with E-state index >= 15 is 0 Å². The summed E-state index contributed by atoms with van der Waals surface area (Å²) in [6.07, 6.45) is 0. The van der Waals surface area contributed by atoms with Crippen LogP contribution in [0.25, 0.3) is 0 Å². The van der Waals surface area contributed by atoms with Gasteiger partial charge in [0.2, 0.25) is 5.91 Å². The highest BCUT2D eigenvalue weighted by Gasteiger charge is 2.14. The summed E-state index contributed by atoms with van der Waals surface area (Å²) in [4.78, 5) is 12.1. The molecule has 1 unspecified atom stereocenters. The molecule has 0 aliphatic heterocycles. The van der Waals surface area contributed by atoms with Gasteiger partial charge in [-0.3, -0.25) is 4.79 Å². The number of nitrogens with one attached hydrogen (secondary N) is 2.